The number of esters is 1. The van der Waals surface area contributed by atoms with E-state index in [0.29, 0.717) is 44.1 Å². The van der Waals surface area contributed by atoms with Gasteiger partial charge in [0.15, 0.2) is 0 Å². The zero-order valence-electron chi connectivity index (χ0n) is 38.2. The minimum atomic E-state index is -0.996. The van der Waals surface area contributed by atoms with Gasteiger partial charge in [-0.3, -0.25) is 9.59 Å². The normalized spacial score (nSPS) is 31.9. The van der Waals surface area contributed by atoms with Crippen LogP contribution < -0.4 is 0 Å². The number of nitrogens with zero attached hydrogens (tertiary/aromatic N) is 1. The van der Waals surface area contributed by atoms with E-state index >= 15 is 0 Å². The Labute approximate surface area is 359 Å². The lowest BCUT2D eigenvalue weighted by molar-refractivity contribution is -0.159. The Hall–Kier alpha value is -2.79. The van der Waals surface area contributed by atoms with Crippen LogP contribution >= 0.6 is 0 Å². The van der Waals surface area contributed by atoms with Gasteiger partial charge in [-0.1, -0.05) is 70.6 Å². The van der Waals surface area contributed by atoms with E-state index < -0.39 is 78.5 Å². The van der Waals surface area contributed by atoms with Crippen molar-refractivity contribution in [3.05, 3.63) is 48.2 Å². The predicted octanol–water partition coefficient (Wildman–Crippen LogP) is 4.84. The number of ketones is 1. The van der Waals surface area contributed by atoms with E-state index in [4.69, 9.17) is 33.2 Å². The molecule has 16 atom stereocenters. The van der Waals surface area contributed by atoms with Crippen molar-refractivity contribution in [1.29, 1.82) is 0 Å². The van der Waals surface area contributed by atoms with Gasteiger partial charge >= 0.3 is 5.97 Å². The molecule has 2 rings (SSSR count). The second kappa shape index (κ2) is 27.3. The number of Topliss-reactive ketones (excluding diaryl/α,β-unsaturated/α-hetero) is 1. The third-order valence-electron chi connectivity index (χ3n) is 12.6. The molecule has 2 aliphatic rings. The van der Waals surface area contributed by atoms with Crippen LogP contribution in [0.3, 0.4) is 0 Å². The van der Waals surface area contributed by atoms with Gasteiger partial charge in [-0.05, 0) is 25.7 Å². The average molecular weight is 852 g/mol. The van der Waals surface area contributed by atoms with Gasteiger partial charge < -0.3 is 53.4 Å². The van der Waals surface area contributed by atoms with E-state index in [1.165, 1.54) is 18.1 Å². The molecule has 0 aromatic rings. The first-order chi connectivity index (χ1) is 28.5. The van der Waals surface area contributed by atoms with Crippen LogP contribution in [0.1, 0.15) is 80.1 Å². The van der Waals surface area contributed by atoms with E-state index in [1.807, 2.05) is 46.8 Å². The van der Waals surface area contributed by atoms with Gasteiger partial charge in [-0.2, -0.15) is 0 Å². The van der Waals surface area contributed by atoms with Crippen LogP contribution in [0.25, 0.3) is 0 Å². The molecule has 0 aliphatic carbocycles. The number of carbonyl (C=O) groups is 3. The molecule has 14 nitrogen and oxygen atoms in total. The number of fused-ring (bicyclic) bond motifs is 2. The number of aliphatic hydroxyl groups is 3. The van der Waals surface area contributed by atoms with Crippen molar-refractivity contribution in [1.82, 2.24) is 4.90 Å². The first-order valence-corrected chi connectivity index (χ1v) is 21.4. The Morgan fingerprint density at radius 3 is 2.18 bits per heavy atom. The molecular weight excluding hydrogens is 774 g/mol. The smallest absolute Gasteiger partial charge is 0.331 e. The summed E-state index contributed by atoms with van der Waals surface area (Å²) in [6.07, 6.45) is 9.18. The lowest BCUT2D eigenvalue weighted by atomic mass is 9.78. The first kappa shape index (κ1) is 53.3. The number of carbonyl (C=O) groups excluding carboxylic acids is 3. The standard InChI is InChI=1S/C46H77NO13/c1-28-16-19-43(52)60-46(33(6)44(53)29(2)17-18-37(50)31(4)45(58-12)30(3)20-21-47(7)27-49)32(5)39(54-8)25-41(56-10)36(26-48)40(55-9)23-34-14-13-15-35(59-34)24-42(57-11)38(51)22-28/h13,15-16,19-22,27,29-36,38-42,44-46,48,51,53H,14,17-18,23-26H2,1-12H3/b19-16?,21-20+,28-22?/t29-,30+,31-,32-,33-,34-,35-,36+,38-,39+,40-,41-,42+,44-,45+,46-/m0/s1. The highest BCUT2D eigenvalue weighted by atomic mass is 16.6. The maximum absolute atomic E-state index is 13.6. The van der Waals surface area contributed by atoms with Crippen LogP contribution in [0.4, 0.5) is 0 Å². The highest BCUT2D eigenvalue weighted by molar-refractivity contribution is 5.82. The maximum atomic E-state index is 13.6. The van der Waals surface area contributed by atoms with Gasteiger partial charge in [-0.15, -0.1) is 0 Å². The van der Waals surface area contributed by atoms with E-state index in [1.54, 1.807) is 60.8 Å². The highest BCUT2D eigenvalue weighted by Crippen LogP contribution is 2.34. The number of cyclic esters (lactones) is 1. The summed E-state index contributed by atoms with van der Waals surface area (Å²) < 4.78 is 42.1. The largest absolute Gasteiger partial charge is 0.458 e. The fourth-order valence-electron chi connectivity index (χ4n) is 8.66. The molecule has 14 heteroatoms. The molecular formula is C46H77NO13. The van der Waals surface area contributed by atoms with Crippen molar-refractivity contribution >= 4 is 18.2 Å². The molecule has 0 saturated carbocycles. The molecule has 1 amide bonds. The molecule has 60 heavy (non-hydrogen) atoms. The molecule has 0 spiro atoms. The molecule has 344 valence electrons. The third-order valence-corrected chi connectivity index (χ3v) is 12.6. The second-order valence-corrected chi connectivity index (χ2v) is 16.9. The van der Waals surface area contributed by atoms with Crippen LogP contribution in [-0.2, 0) is 47.5 Å². The molecule has 0 radical (unpaired) electrons. The van der Waals surface area contributed by atoms with Crippen molar-refractivity contribution in [2.75, 3.05) is 49.2 Å². The molecule has 3 N–H and O–H groups in total. The zero-order chi connectivity index (χ0) is 45.1. The molecule has 2 heterocycles. The van der Waals surface area contributed by atoms with Gasteiger partial charge in [0.2, 0.25) is 6.41 Å². The Bertz CT molecular complexity index is 1400. The molecule has 2 bridgehead atoms. The minimum Gasteiger partial charge on any atom is -0.458 e. The first-order valence-electron chi connectivity index (χ1n) is 21.4. The number of amides is 1. The number of ether oxygens (including phenoxy) is 7. The van der Waals surface area contributed by atoms with Crippen LogP contribution in [0.2, 0.25) is 0 Å². The van der Waals surface area contributed by atoms with Crippen LogP contribution in [-0.4, -0.2) is 149 Å². The number of methoxy groups -OCH3 is 5. The summed E-state index contributed by atoms with van der Waals surface area (Å²) in [4.78, 5) is 39.5. The van der Waals surface area contributed by atoms with Gasteiger partial charge in [0.25, 0.3) is 0 Å². The summed E-state index contributed by atoms with van der Waals surface area (Å²) in [5.74, 6) is -3.15. The van der Waals surface area contributed by atoms with Crippen LogP contribution in [0, 0.1) is 35.5 Å². The maximum Gasteiger partial charge on any atom is 0.331 e. The SMILES string of the molecule is CO[C@H]([C@H](C)/C=C/N(C)C=O)[C@@H](C)C(=O)CC[C@H](C)[C@H](O)[C@H](C)[C@H]1OC(=O)C=CC(C)=C[C@H](O)[C@H](OC)C[C@@H]2C=CC[C@@H](C[C@H](OC)[C@@H](CO)[C@@H](OC)C[C@@H](OC)[C@@H]1C)O2. The Kier molecular flexibility index (Phi) is 24.3. The van der Waals surface area contributed by atoms with E-state index in [-0.39, 0.29) is 42.9 Å². The number of allylic oxidation sites excluding steroid dienone is 2. The quantitative estimate of drug-likeness (QED) is 0.0971. The lowest BCUT2D eigenvalue weighted by Gasteiger charge is -2.39. The summed E-state index contributed by atoms with van der Waals surface area (Å²) in [5.41, 5.74) is 0.615. The Morgan fingerprint density at radius 2 is 1.60 bits per heavy atom. The molecule has 0 aromatic heterocycles. The minimum absolute atomic E-state index is 0.0143. The van der Waals surface area contributed by atoms with E-state index in [2.05, 4.69) is 6.08 Å². The Morgan fingerprint density at radius 1 is 0.967 bits per heavy atom. The predicted molar refractivity (Wildman–Crippen MR) is 229 cm³/mol. The van der Waals surface area contributed by atoms with Crippen molar-refractivity contribution in [3.63, 3.8) is 0 Å². The number of rotatable bonds is 18. The molecule has 2 aliphatic heterocycles. The van der Waals surface area contributed by atoms with E-state index in [9.17, 15) is 29.7 Å². The van der Waals surface area contributed by atoms with Crippen molar-refractivity contribution in [3.8, 4) is 0 Å². The fourth-order valence-corrected chi connectivity index (χ4v) is 8.66. The van der Waals surface area contributed by atoms with E-state index in [0.717, 1.165) is 0 Å². The summed E-state index contributed by atoms with van der Waals surface area (Å²) >= 11 is 0. The Balaban J connectivity index is 2.45. The lowest BCUT2D eigenvalue weighted by Crippen LogP contribution is -2.47. The molecule has 0 fully saturated rings. The van der Waals surface area contributed by atoms with Crippen molar-refractivity contribution in [2.45, 2.75) is 141 Å². The topological polar surface area (TPSA) is 180 Å². The molecule has 0 saturated heterocycles. The summed E-state index contributed by atoms with van der Waals surface area (Å²) in [7, 11) is 9.47. The average Bonchev–Trinajstić information content (AvgIpc) is 3.24. The van der Waals surface area contributed by atoms with Crippen molar-refractivity contribution < 1.29 is 62.9 Å². The van der Waals surface area contributed by atoms with Gasteiger partial charge in [0.05, 0.1) is 61.5 Å². The second-order valence-electron chi connectivity index (χ2n) is 16.9. The van der Waals surface area contributed by atoms with Crippen molar-refractivity contribution in [2.24, 2.45) is 35.5 Å². The third kappa shape index (κ3) is 16.2. The molecule has 0 aromatic carbocycles. The fraction of sp³-hybridized carbons (Fsp3) is 0.761. The van der Waals surface area contributed by atoms with Gasteiger partial charge in [0, 0.05) is 110 Å². The van der Waals surface area contributed by atoms with Crippen LogP contribution in [0.5, 0.6) is 0 Å². The highest BCUT2D eigenvalue weighted by Gasteiger charge is 2.41. The number of hydrogen-bond acceptors (Lipinski definition) is 13. The summed E-state index contributed by atoms with van der Waals surface area (Å²) in [5, 5.41) is 33.8. The number of hydrogen-bond donors (Lipinski definition) is 3. The van der Waals surface area contributed by atoms with Gasteiger partial charge in [-0.25, -0.2) is 4.79 Å². The molecule has 0 unspecified atom stereocenters. The van der Waals surface area contributed by atoms with Gasteiger partial charge in [0.1, 0.15) is 11.9 Å². The monoisotopic (exact) mass is 852 g/mol. The summed E-state index contributed by atoms with van der Waals surface area (Å²) in [6, 6.07) is 0. The number of aliphatic hydroxyl groups excluding tert-OH is 3. The van der Waals surface area contributed by atoms with Crippen LogP contribution in [0.15, 0.2) is 48.2 Å². The zero-order valence-corrected chi connectivity index (χ0v) is 38.2. The summed E-state index contributed by atoms with van der Waals surface area (Å²) in [6.45, 7) is 10.9.